The number of nitrogens with one attached hydrogen (secondary N) is 2. The Hall–Kier alpha value is -1.86. The molecule has 0 aliphatic heterocycles. The molecule has 21 heavy (non-hydrogen) atoms. The maximum absolute atomic E-state index is 12.0. The summed E-state index contributed by atoms with van der Waals surface area (Å²) < 4.78 is 2.33. The van der Waals surface area contributed by atoms with Crippen LogP contribution >= 0.6 is 12.8 Å². The molecule has 0 spiro atoms. The first-order valence-electron chi connectivity index (χ1n) is 6.40. The standard InChI is InChI=1S/C14H18N2O4S/c1-9(17)11(7-10-5-3-2-4-6-10)15-14(20)12(16-21)8-13(18)19/h2-6,11-12,16,21H,7-8H2,1H3,(H,15,20)(H,18,19)/t11-,12-/m0/s1. The van der Waals surface area contributed by atoms with Gasteiger partial charge in [0.1, 0.15) is 6.04 Å². The topological polar surface area (TPSA) is 95.5 Å². The first kappa shape index (κ1) is 17.2. The highest BCUT2D eigenvalue weighted by Crippen LogP contribution is 2.05. The van der Waals surface area contributed by atoms with Crippen LogP contribution in [0.15, 0.2) is 30.3 Å². The summed E-state index contributed by atoms with van der Waals surface area (Å²) in [7, 11) is 0. The van der Waals surface area contributed by atoms with Gasteiger partial charge in [-0.2, -0.15) is 0 Å². The molecule has 2 atom stereocenters. The van der Waals surface area contributed by atoms with E-state index in [-0.39, 0.29) is 5.78 Å². The number of rotatable bonds is 8. The van der Waals surface area contributed by atoms with E-state index in [0.717, 1.165) is 5.56 Å². The molecule has 0 saturated carbocycles. The highest BCUT2D eigenvalue weighted by atomic mass is 32.1. The van der Waals surface area contributed by atoms with Crippen molar-refractivity contribution in [2.24, 2.45) is 0 Å². The molecular weight excluding hydrogens is 292 g/mol. The lowest BCUT2D eigenvalue weighted by atomic mass is 10.0. The lowest BCUT2D eigenvalue weighted by molar-refractivity contribution is -0.139. The van der Waals surface area contributed by atoms with Crippen molar-refractivity contribution in [2.75, 3.05) is 0 Å². The van der Waals surface area contributed by atoms with Crippen molar-refractivity contribution in [1.29, 1.82) is 0 Å². The fraction of sp³-hybridized carbons (Fsp3) is 0.357. The number of amides is 1. The fourth-order valence-corrected chi connectivity index (χ4v) is 2.00. The van der Waals surface area contributed by atoms with E-state index in [4.69, 9.17) is 5.11 Å². The van der Waals surface area contributed by atoms with Crippen LogP contribution < -0.4 is 10.0 Å². The molecule has 0 aromatic heterocycles. The minimum absolute atomic E-state index is 0.194. The fourth-order valence-electron chi connectivity index (χ4n) is 1.79. The second-order valence-corrected chi connectivity index (χ2v) is 4.90. The molecule has 1 aromatic rings. The van der Waals surface area contributed by atoms with E-state index >= 15 is 0 Å². The van der Waals surface area contributed by atoms with Crippen LogP contribution in [0.1, 0.15) is 18.9 Å². The Labute approximate surface area is 128 Å². The third-order valence-corrected chi connectivity index (χ3v) is 3.25. The minimum atomic E-state index is -1.13. The van der Waals surface area contributed by atoms with E-state index in [1.54, 1.807) is 0 Å². The second-order valence-electron chi connectivity index (χ2n) is 4.64. The average Bonchev–Trinajstić information content (AvgIpc) is 2.44. The van der Waals surface area contributed by atoms with Crippen molar-refractivity contribution in [2.45, 2.75) is 31.8 Å². The average molecular weight is 310 g/mol. The Morgan fingerprint density at radius 3 is 2.29 bits per heavy atom. The molecule has 1 aromatic carbocycles. The van der Waals surface area contributed by atoms with Crippen molar-refractivity contribution in [3.8, 4) is 0 Å². The smallest absolute Gasteiger partial charge is 0.305 e. The Bertz CT molecular complexity index is 507. The largest absolute Gasteiger partial charge is 0.481 e. The first-order valence-corrected chi connectivity index (χ1v) is 6.85. The van der Waals surface area contributed by atoms with Gasteiger partial charge in [0.25, 0.3) is 0 Å². The number of Topliss-reactive ketones (excluding diaryl/α,β-unsaturated/α-hetero) is 1. The Kier molecular flexibility index (Phi) is 6.90. The van der Waals surface area contributed by atoms with Crippen LogP contribution in [0.25, 0.3) is 0 Å². The molecule has 0 aliphatic carbocycles. The number of carboxylic acids is 1. The van der Waals surface area contributed by atoms with Crippen LogP contribution in [-0.4, -0.2) is 34.8 Å². The molecule has 0 unspecified atom stereocenters. The van der Waals surface area contributed by atoms with E-state index in [1.165, 1.54) is 6.92 Å². The number of carbonyl (C=O) groups is 3. The van der Waals surface area contributed by atoms with E-state index in [1.807, 2.05) is 30.3 Å². The van der Waals surface area contributed by atoms with Gasteiger partial charge in [-0.25, -0.2) is 0 Å². The number of ketones is 1. The zero-order valence-corrected chi connectivity index (χ0v) is 12.5. The van der Waals surface area contributed by atoms with Crippen LogP contribution in [0.4, 0.5) is 0 Å². The van der Waals surface area contributed by atoms with Crippen LogP contribution in [0, 0.1) is 0 Å². The number of carbonyl (C=O) groups excluding carboxylic acids is 2. The van der Waals surface area contributed by atoms with Crippen molar-refractivity contribution in [3.63, 3.8) is 0 Å². The minimum Gasteiger partial charge on any atom is -0.481 e. The SMILES string of the molecule is CC(=O)[C@H](Cc1ccccc1)NC(=O)[C@H](CC(=O)O)NS. The number of thiol groups is 1. The van der Waals surface area contributed by atoms with E-state index in [9.17, 15) is 14.4 Å². The van der Waals surface area contributed by atoms with Gasteiger partial charge in [-0.05, 0) is 18.9 Å². The summed E-state index contributed by atoms with van der Waals surface area (Å²) in [5.74, 6) is -1.89. The third-order valence-electron chi connectivity index (χ3n) is 2.94. The van der Waals surface area contributed by atoms with Crippen molar-refractivity contribution >= 4 is 30.5 Å². The van der Waals surface area contributed by atoms with Gasteiger partial charge < -0.3 is 10.4 Å². The van der Waals surface area contributed by atoms with Gasteiger partial charge in [-0.3, -0.25) is 19.1 Å². The molecule has 3 N–H and O–H groups in total. The van der Waals surface area contributed by atoms with Gasteiger partial charge in [0, 0.05) is 0 Å². The molecule has 0 fully saturated rings. The molecule has 0 bridgehead atoms. The monoisotopic (exact) mass is 310 g/mol. The lowest BCUT2D eigenvalue weighted by Crippen LogP contribution is -2.49. The van der Waals surface area contributed by atoms with Gasteiger partial charge >= 0.3 is 5.97 Å². The summed E-state index contributed by atoms with van der Waals surface area (Å²) in [6, 6.07) is 7.56. The molecule has 0 aliphatic rings. The maximum atomic E-state index is 12.0. The highest BCUT2D eigenvalue weighted by Gasteiger charge is 2.24. The van der Waals surface area contributed by atoms with E-state index < -0.39 is 30.4 Å². The molecule has 6 nitrogen and oxygen atoms in total. The van der Waals surface area contributed by atoms with Crippen LogP contribution in [0.5, 0.6) is 0 Å². The van der Waals surface area contributed by atoms with Crippen molar-refractivity contribution in [1.82, 2.24) is 10.0 Å². The molecular formula is C14H18N2O4S. The number of aliphatic carboxylic acids is 1. The number of hydrogen-bond acceptors (Lipinski definition) is 5. The van der Waals surface area contributed by atoms with Gasteiger partial charge in [-0.15, -0.1) is 0 Å². The summed E-state index contributed by atoms with van der Waals surface area (Å²) in [6.45, 7) is 1.38. The summed E-state index contributed by atoms with van der Waals surface area (Å²) in [5.41, 5.74) is 0.909. The number of benzene rings is 1. The van der Waals surface area contributed by atoms with E-state index in [0.29, 0.717) is 6.42 Å². The maximum Gasteiger partial charge on any atom is 0.305 e. The number of carboxylic acid groups (broad SMARTS) is 1. The molecule has 0 radical (unpaired) electrons. The summed E-state index contributed by atoms with van der Waals surface area (Å²) in [5, 5.41) is 11.3. The first-order chi connectivity index (χ1) is 9.93. The predicted octanol–water partition coefficient (Wildman–Crippen LogP) is 0.581. The van der Waals surface area contributed by atoms with Crippen molar-refractivity contribution in [3.05, 3.63) is 35.9 Å². The zero-order chi connectivity index (χ0) is 15.8. The van der Waals surface area contributed by atoms with Crippen LogP contribution in [0.2, 0.25) is 0 Å². The van der Waals surface area contributed by atoms with Gasteiger partial charge in [-0.1, -0.05) is 43.1 Å². The van der Waals surface area contributed by atoms with Crippen LogP contribution in [0.3, 0.4) is 0 Å². The van der Waals surface area contributed by atoms with E-state index in [2.05, 4.69) is 22.9 Å². The summed E-state index contributed by atoms with van der Waals surface area (Å²) in [4.78, 5) is 34.3. The molecule has 1 amide bonds. The molecule has 114 valence electrons. The van der Waals surface area contributed by atoms with Gasteiger partial charge in [0.15, 0.2) is 5.78 Å². The Balaban J connectivity index is 2.71. The molecule has 1 rings (SSSR count). The quantitative estimate of drug-likeness (QED) is 0.527. The summed E-state index contributed by atoms with van der Waals surface area (Å²) >= 11 is 3.74. The van der Waals surface area contributed by atoms with Crippen LogP contribution in [-0.2, 0) is 20.8 Å². The molecule has 0 saturated heterocycles. The normalized spacial score (nSPS) is 13.2. The molecule has 7 heteroatoms. The third kappa shape index (κ3) is 5.97. The van der Waals surface area contributed by atoms with Gasteiger partial charge in [0.2, 0.25) is 5.91 Å². The Morgan fingerprint density at radius 2 is 1.81 bits per heavy atom. The lowest BCUT2D eigenvalue weighted by Gasteiger charge is -2.19. The summed E-state index contributed by atoms with van der Waals surface area (Å²) in [6.07, 6.45) is -0.0560. The van der Waals surface area contributed by atoms with Gasteiger partial charge in [0.05, 0.1) is 12.5 Å². The second kappa shape index (κ2) is 8.43. The van der Waals surface area contributed by atoms with Crippen molar-refractivity contribution < 1.29 is 19.5 Å². The molecule has 0 heterocycles. The zero-order valence-electron chi connectivity index (χ0n) is 11.6. The predicted molar refractivity (Wildman–Crippen MR) is 80.9 cm³/mol. The Morgan fingerprint density at radius 1 is 1.19 bits per heavy atom. The highest BCUT2D eigenvalue weighted by molar-refractivity contribution is 7.78. The number of hydrogen-bond donors (Lipinski definition) is 4.